The van der Waals surface area contributed by atoms with Crippen molar-refractivity contribution in [2.75, 3.05) is 11.9 Å². The molecule has 1 aromatic heterocycles. The number of nitrogens with one attached hydrogen (secondary N) is 1. The van der Waals surface area contributed by atoms with Crippen LogP contribution in [0.5, 0.6) is 11.5 Å². The molecule has 0 saturated carbocycles. The first-order chi connectivity index (χ1) is 20.2. The number of anilines is 1. The minimum Gasteiger partial charge on any atom is -0.456 e. The van der Waals surface area contributed by atoms with Gasteiger partial charge in [-0.3, -0.25) is 4.98 Å². The fraction of sp³-hybridized carbons (Fsp3) is 0.0278. The molecule has 0 amide bonds. The third kappa shape index (κ3) is 3.76. The second-order valence-electron chi connectivity index (χ2n) is 10.3. The second-order valence-corrected chi connectivity index (χ2v) is 13.0. The van der Waals surface area contributed by atoms with Gasteiger partial charge in [-0.2, -0.15) is 0 Å². The molecule has 3 heterocycles. The van der Waals surface area contributed by atoms with Crippen LogP contribution in [0.1, 0.15) is 5.56 Å². The van der Waals surface area contributed by atoms with Gasteiger partial charge in [0.1, 0.15) is 11.5 Å². The zero-order chi connectivity index (χ0) is 27.4. The summed E-state index contributed by atoms with van der Waals surface area (Å²) in [7, 11) is -3.16. The van der Waals surface area contributed by atoms with E-state index < -0.39 is 7.14 Å². The van der Waals surface area contributed by atoms with Crippen LogP contribution in [0.15, 0.2) is 128 Å². The number of fused-ring (bicyclic) bond motifs is 5. The maximum atomic E-state index is 15.1. The molecule has 0 saturated heterocycles. The minimum atomic E-state index is -3.16. The lowest BCUT2D eigenvalue weighted by molar-refractivity contribution is 0.485. The van der Waals surface area contributed by atoms with Gasteiger partial charge in [-0.05, 0) is 64.7 Å². The minimum absolute atomic E-state index is 0.641. The summed E-state index contributed by atoms with van der Waals surface area (Å²) in [5, 5.41) is 6.86. The lowest BCUT2D eigenvalue weighted by Crippen LogP contribution is -2.30. The van der Waals surface area contributed by atoms with E-state index in [4.69, 9.17) is 9.72 Å². The molecule has 4 nitrogen and oxygen atoms in total. The number of hydrogen-bond acceptors (Lipinski definition) is 4. The number of hydrogen-bond donors (Lipinski definition) is 1. The van der Waals surface area contributed by atoms with Crippen molar-refractivity contribution in [2.45, 2.75) is 0 Å². The maximum Gasteiger partial charge on any atom is 0.178 e. The van der Waals surface area contributed by atoms with Gasteiger partial charge in [0, 0.05) is 29.0 Å². The summed E-state index contributed by atoms with van der Waals surface area (Å²) in [5.74, 6) is 1.29. The van der Waals surface area contributed by atoms with E-state index in [0.717, 1.165) is 66.9 Å². The summed E-state index contributed by atoms with van der Waals surface area (Å²) in [6.45, 7) is 0.798. The number of nitrogens with zero attached hydrogens (tertiary/aromatic N) is 1. The smallest absolute Gasteiger partial charge is 0.178 e. The number of rotatable bonds is 3. The quantitative estimate of drug-likeness (QED) is 0.229. The van der Waals surface area contributed by atoms with Gasteiger partial charge in [-0.15, -0.1) is 0 Å². The van der Waals surface area contributed by atoms with Crippen LogP contribution in [0, 0.1) is 0 Å². The van der Waals surface area contributed by atoms with Crippen molar-refractivity contribution >= 4 is 45.7 Å². The molecule has 1 N–H and O–H groups in total. The number of pyridine rings is 1. The van der Waals surface area contributed by atoms with Crippen molar-refractivity contribution in [2.24, 2.45) is 0 Å². The molecular weight excluding hydrogens is 523 g/mol. The number of para-hydroxylation sites is 1. The largest absolute Gasteiger partial charge is 0.456 e. The van der Waals surface area contributed by atoms with Crippen LogP contribution in [-0.4, -0.2) is 11.5 Å². The third-order valence-corrected chi connectivity index (χ3v) is 11.1. The van der Waals surface area contributed by atoms with E-state index in [9.17, 15) is 0 Å². The standard InChI is InChI=1S/C36H25N2O2P/c39-41(28-12-2-1-3-13-28)33-16-5-4-15-31(33)40-32-18-17-25(23-34(32)41)24-9-6-10-26(21-24)30-22-27-11-7-19-37-35(27)36-29(30)14-8-20-38-36/h1-18,20-23,37H,19H2. The van der Waals surface area contributed by atoms with E-state index in [1.165, 1.54) is 0 Å². The van der Waals surface area contributed by atoms with E-state index in [1.807, 2.05) is 72.9 Å². The van der Waals surface area contributed by atoms with Gasteiger partial charge in [0.2, 0.25) is 0 Å². The topological polar surface area (TPSA) is 51.2 Å². The summed E-state index contributed by atoms with van der Waals surface area (Å²) >= 11 is 0. The van der Waals surface area contributed by atoms with Crippen molar-refractivity contribution in [3.05, 3.63) is 133 Å². The Balaban J connectivity index is 1.29. The lowest BCUT2D eigenvalue weighted by Gasteiger charge is -2.29. The average Bonchev–Trinajstić information content (AvgIpc) is 3.05. The molecule has 2 aliphatic heterocycles. The summed E-state index contributed by atoms with van der Waals surface area (Å²) in [4.78, 5) is 4.73. The monoisotopic (exact) mass is 548 g/mol. The SMILES string of the molecule is O=P1(c2ccccc2)c2ccccc2Oc2ccc(-c3cccc(-c4cc5c(c6ncccc46)NCC=C5)c3)cc21. The van der Waals surface area contributed by atoms with E-state index in [0.29, 0.717) is 11.5 Å². The molecule has 5 heteroatoms. The van der Waals surface area contributed by atoms with Crippen LogP contribution in [0.2, 0.25) is 0 Å². The van der Waals surface area contributed by atoms with Crippen molar-refractivity contribution in [1.82, 2.24) is 4.98 Å². The average molecular weight is 549 g/mol. The van der Waals surface area contributed by atoms with Crippen LogP contribution in [0.4, 0.5) is 5.69 Å². The highest BCUT2D eigenvalue weighted by molar-refractivity contribution is 7.85. The van der Waals surface area contributed by atoms with Gasteiger partial charge in [0.25, 0.3) is 0 Å². The second kappa shape index (κ2) is 9.33. The van der Waals surface area contributed by atoms with Crippen LogP contribution in [0.3, 0.4) is 0 Å². The Bertz CT molecular complexity index is 2070. The first-order valence-electron chi connectivity index (χ1n) is 13.7. The molecule has 1 unspecified atom stereocenters. The first kappa shape index (κ1) is 23.9. The number of aromatic nitrogens is 1. The molecule has 5 aromatic carbocycles. The maximum absolute atomic E-state index is 15.1. The Hall–Kier alpha value is -4.92. The van der Waals surface area contributed by atoms with Gasteiger partial charge >= 0.3 is 0 Å². The van der Waals surface area contributed by atoms with Crippen LogP contribution >= 0.6 is 7.14 Å². The summed E-state index contributed by atoms with van der Waals surface area (Å²) in [5.41, 5.74) is 7.47. The Morgan fingerprint density at radius 3 is 2.44 bits per heavy atom. The highest BCUT2D eigenvalue weighted by Crippen LogP contribution is 2.52. The zero-order valence-corrected chi connectivity index (χ0v) is 23.0. The lowest BCUT2D eigenvalue weighted by atomic mass is 9.93. The van der Waals surface area contributed by atoms with E-state index in [-0.39, 0.29) is 0 Å². The van der Waals surface area contributed by atoms with E-state index in [2.05, 4.69) is 66.0 Å². The molecule has 0 spiro atoms. The van der Waals surface area contributed by atoms with E-state index in [1.54, 1.807) is 0 Å². The molecule has 2 aliphatic rings. The van der Waals surface area contributed by atoms with Crippen LogP contribution in [-0.2, 0) is 4.57 Å². The molecule has 0 aliphatic carbocycles. The molecular formula is C36H25N2O2P. The van der Waals surface area contributed by atoms with Crippen molar-refractivity contribution in [3.8, 4) is 33.8 Å². The molecule has 196 valence electrons. The first-order valence-corrected chi connectivity index (χ1v) is 15.4. The predicted molar refractivity (Wildman–Crippen MR) is 170 cm³/mol. The van der Waals surface area contributed by atoms with Crippen molar-refractivity contribution in [1.29, 1.82) is 0 Å². The number of benzene rings is 5. The molecule has 8 rings (SSSR count). The normalized spacial score (nSPS) is 16.7. The van der Waals surface area contributed by atoms with Gasteiger partial charge in [0.15, 0.2) is 7.14 Å². The molecule has 0 fully saturated rings. The molecule has 1 atom stereocenters. The van der Waals surface area contributed by atoms with Gasteiger partial charge in [0.05, 0.1) is 21.8 Å². The predicted octanol–water partition coefficient (Wildman–Crippen LogP) is 7.75. The Kier molecular flexibility index (Phi) is 5.44. The fourth-order valence-electron chi connectivity index (χ4n) is 6.03. The van der Waals surface area contributed by atoms with Gasteiger partial charge in [-0.1, -0.05) is 84.9 Å². The highest BCUT2D eigenvalue weighted by Gasteiger charge is 2.39. The Morgan fingerprint density at radius 2 is 1.51 bits per heavy atom. The summed E-state index contributed by atoms with van der Waals surface area (Å²) in [6.07, 6.45) is 6.15. The van der Waals surface area contributed by atoms with Crippen molar-refractivity contribution < 1.29 is 9.30 Å². The van der Waals surface area contributed by atoms with Gasteiger partial charge in [-0.25, -0.2) is 0 Å². The van der Waals surface area contributed by atoms with Crippen molar-refractivity contribution in [3.63, 3.8) is 0 Å². The number of ether oxygens (including phenoxy) is 1. The molecule has 41 heavy (non-hydrogen) atoms. The van der Waals surface area contributed by atoms with E-state index >= 15 is 4.57 Å². The summed E-state index contributed by atoms with van der Waals surface area (Å²) < 4.78 is 21.4. The molecule has 0 bridgehead atoms. The zero-order valence-electron chi connectivity index (χ0n) is 22.1. The molecule has 0 radical (unpaired) electrons. The third-order valence-electron chi connectivity index (χ3n) is 7.97. The van der Waals surface area contributed by atoms with Crippen LogP contribution < -0.4 is 26.0 Å². The Morgan fingerprint density at radius 1 is 0.707 bits per heavy atom. The van der Waals surface area contributed by atoms with Crippen LogP contribution in [0.25, 0.3) is 39.2 Å². The Labute approximate surface area is 238 Å². The van der Waals surface area contributed by atoms with Gasteiger partial charge < -0.3 is 14.6 Å². The fourth-order valence-corrected chi connectivity index (χ4v) is 8.92. The highest BCUT2D eigenvalue weighted by atomic mass is 31.2. The molecule has 6 aromatic rings. The summed E-state index contributed by atoms with van der Waals surface area (Å²) in [6, 6.07) is 38.4.